The molecule has 0 fully saturated rings. The van der Waals surface area contributed by atoms with E-state index in [2.05, 4.69) is 22.6 Å². The fourth-order valence-electron chi connectivity index (χ4n) is 1.12. The van der Waals surface area contributed by atoms with Crippen LogP contribution in [0.2, 0.25) is 0 Å². The maximum Gasteiger partial charge on any atom is 0.267 e. The van der Waals surface area contributed by atoms with E-state index < -0.39 is 0 Å². The molecule has 0 atom stereocenters. The van der Waals surface area contributed by atoms with E-state index in [1.807, 2.05) is 25.3 Å². The molecule has 0 heterocycles. The van der Waals surface area contributed by atoms with Crippen LogP contribution < -0.4 is 0 Å². The minimum Gasteiger partial charge on any atom is -0.268 e. The summed E-state index contributed by atoms with van der Waals surface area (Å²) in [7, 11) is 0. The average Bonchev–Trinajstić information content (AvgIpc) is 2.30. The number of carbonyl (C=O) groups is 1. The summed E-state index contributed by atoms with van der Waals surface area (Å²) in [5.41, 5.74) is 0.531. The van der Waals surface area contributed by atoms with E-state index in [4.69, 9.17) is 5.26 Å². The van der Waals surface area contributed by atoms with Crippen LogP contribution in [0.3, 0.4) is 0 Å². The summed E-state index contributed by atoms with van der Waals surface area (Å²) < 4.78 is 1.05. The molecular formula is C12H11IN2O. The summed E-state index contributed by atoms with van der Waals surface area (Å²) in [5, 5.41) is 8.89. The van der Waals surface area contributed by atoms with Gasteiger partial charge in [0.25, 0.3) is 5.91 Å². The Morgan fingerprint density at radius 3 is 2.62 bits per heavy atom. The van der Waals surface area contributed by atoms with Crippen LogP contribution in [0.1, 0.15) is 17.3 Å². The van der Waals surface area contributed by atoms with Gasteiger partial charge in [-0.25, -0.2) is 4.90 Å². The van der Waals surface area contributed by atoms with Gasteiger partial charge in [-0.05, 0) is 45.2 Å². The molecule has 0 aromatic heterocycles. The quantitative estimate of drug-likeness (QED) is 0.487. The normalized spacial score (nSPS) is 10.7. The molecule has 16 heavy (non-hydrogen) atoms. The monoisotopic (exact) mass is 326 g/mol. The molecule has 0 aliphatic carbocycles. The van der Waals surface area contributed by atoms with Gasteiger partial charge in [-0.15, -0.1) is 0 Å². The van der Waals surface area contributed by atoms with Crippen molar-refractivity contribution in [2.45, 2.75) is 6.92 Å². The molecule has 3 nitrogen and oxygen atoms in total. The molecule has 0 saturated carbocycles. The first-order chi connectivity index (χ1) is 7.65. The van der Waals surface area contributed by atoms with Crippen molar-refractivity contribution in [3.8, 4) is 6.19 Å². The van der Waals surface area contributed by atoms with Crippen LogP contribution in [-0.4, -0.2) is 17.4 Å². The van der Waals surface area contributed by atoms with E-state index in [-0.39, 0.29) is 5.91 Å². The van der Waals surface area contributed by atoms with E-state index >= 15 is 0 Å². The first-order valence-corrected chi connectivity index (χ1v) is 5.82. The minimum absolute atomic E-state index is 0.267. The van der Waals surface area contributed by atoms with Gasteiger partial charge in [-0.3, -0.25) is 4.79 Å². The Hall–Kier alpha value is -1.35. The van der Waals surface area contributed by atoms with Crippen LogP contribution in [0.4, 0.5) is 0 Å². The number of rotatable bonds is 3. The molecule has 0 bridgehead atoms. The molecule has 0 N–H and O–H groups in total. The van der Waals surface area contributed by atoms with Crippen LogP contribution in [0, 0.1) is 11.5 Å². The molecule has 1 aromatic rings. The maximum atomic E-state index is 11.9. The van der Waals surface area contributed by atoms with Crippen LogP contribution >= 0.6 is 22.6 Å². The van der Waals surface area contributed by atoms with Gasteiger partial charge in [0.15, 0.2) is 6.19 Å². The van der Waals surface area contributed by atoms with E-state index in [0.29, 0.717) is 12.1 Å². The Morgan fingerprint density at radius 1 is 1.50 bits per heavy atom. The zero-order valence-corrected chi connectivity index (χ0v) is 11.0. The fraction of sp³-hybridized carbons (Fsp3) is 0.167. The van der Waals surface area contributed by atoms with E-state index in [1.165, 1.54) is 0 Å². The molecule has 4 heteroatoms. The third kappa shape index (κ3) is 3.66. The van der Waals surface area contributed by atoms with Gasteiger partial charge in [-0.1, -0.05) is 24.3 Å². The predicted octanol–water partition coefficient (Wildman–Crippen LogP) is 2.95. The second-order valence-electron chi connectivity index (χ2n) is 3.17. The Kier molecular flexibility index (Phi) is 4.99. The maximum absolute atomic E-state index is 11.9. The number of nitrogens with zero attached hydrogens (tertiary/aromatic N) is 2. The number of carbonyl (C=O) groups excluding carboxylic acids is 1. The largest absolute Gasteiger partial charge is 0.268 e. The number of allylic oxidation sites excluding steroid dienone is 1. The van der Waals surface area contributed by atoms with Crippen LogP contribution in [0.5, 0.6) is 0 Å². The summed E-state index contributed by atoms with van der Waals surface area (Å²) in [6, 6.07) is 8.80. The van der Waals surface area contributed by atoms with Gasteiger partial charge < -0.3 is 0 Å². The first-order valence-electron chi connectivity index (χ1n) is 4.74. The number of halogens is 1. The summed E-state index contributed by atoms with van der Waals surface area (Å²) >= 11 is 2.14. The lowest BCUT2D eigenvalue weighted by Crippen LogP contribution is -2.26. The van der Waals surface area contributed by atoms with Gasteiger partial charge in [0.2, 0.25) is 0 Å². The molecule has 0 aliphatic heterocycles. The highest BCUT2D eigenvalue weighted by atomic mass is 127. The highest BCUT2D eigenvalue weighted by Crippen LogP contribution is 2.07. The summed E-state index contributed by atoms with van der Waals surface area (Å²) in [6.45, 7) is 2.24. The zero-order valence-electron chi connectivity index (χ0n) is 8.85. The number of nitriles is 1. The SMILES string of the molecule is C/C(I)=C\CN(C#N)C(=O)c1ccccc1. The van der Waals surface area contributed by atoms with Crippen molar-refractivity contribution in [2.24, 2.45) is 0 Å². The van der Waals surface area contributed by atoms with Gasteiger partial charge in [-0.2, -0.15) is 5.26 Å². The van der Waals surface area contributed by atoms with Crippen molar-refractivity contribution in [2.75, 3.05) is 6.54 Å². The summed E-state index contributed by atoms with van der Waals surface area (Å²) in [5.74, 6) is -0.267. The van der Waals surface area contributed by atoms with Crippen LogP contribution in [0.15, 0.2) is 40.0 Å². The van der Waals surface area contributed by atoms with Crippen molar-refractivity contribution in [1.82, 2.24) is 4.90 Å². The van der Waals surface area contributed by atoms with E-state index in [0.717, 1.165) is 8.48 Å². The highest BCUT2D eigenvalue weighted by molar-refractivity contribution is 14.1. The second-order valence-corrected chi connectivity index (χ2v) is 4.87. The lowest BCUT2D eigenvalue weighted by Gasteiger charge is -2.11. The standard InChI is InChI=1S/C12H11IN2O/c1-10(13)7-8-15(9-14)12(16)11-5-3-2-4-6-11/h2-7H,8H2,1H3/b10-7+. The van der Waals surface area contributed by atoms with Gasteiger partial charge >= 0.3 is 0 Å². The van der Waals surface area contributed by atoms with Crippen molar-refractivity contribution in [3.63, 3.8) is 0 Å². The molecule has 0 saturated heterocycles. The molecule has 0 unspecified atom stereocenters. The predicted molar refractivity (Wildman–Crippen MR) is 70.9 cm³/mol. The number of hydrogen-bond acceptors (Lipinski definition) is 2. The second kappa shape index (κ2) is 6.28. The fourth-order valence-corrected chi connectivity index (χ4v) is 1.32. The molecule has 0 radical (unpaired) electrons. The average molecular weight is 326 g/mol. The number of hydrogen-bond donors (Lipinski definition) is 0. The van der Waals surface area contributed by atoms with Crippen molar-refractivity contribution >= 4 is 28.5 Å². The Morgan fingerprint density at radius 2 is 2.12 bits per heavy atom. The third-order valence-corrected chi connectivity index (χ3v) is 2.38. The molecule has 1 amide bonds. The molecule has 0 aliphatic rings. The third-order valence-electron chi connectivity index (χ3n) is 1.94. The summed E-state index contributed by atoms with van der Waals surface area (Å²) in [6.07, 6.45) is 3.73. The Bertz CT molecular complexity index is 430. The molecule has 82 valence electrons. The lowest BCUT2D eigenvalue weighted by atomic mass is 10.2. The van der Waals surface area contributed by atoms with Crippen molar-refractivity contribution in [1.29, 1.82) is 5.26 Å². The topological polar surface area (TPSA) is 44.1 Å². The van der Waals surface area contributed by atoms with Crippen molar-refractivity contribution < 1.29 is 4.79 Å². The Labute approximate surface area is 109 Å². The van der Waals surface area contributed by atoms with E-state index in [1.54, 1.807) is 24.3 Å². The van der Waals surface area contributed by atoms with Crippen LogP contribution in [0.25, 0.3) is 0 Å². The smallest absolute Gasteiger partial charge is 0.267 e. The Balaban J connectivity index is 2.80. The van der Waals surface area contributed by atoms with E-state index in [9.17, 15) is 4.79 Å². The molecule has 1 aromatic carbocycles. The minimum atomic E-state index is -0.267. The van der Waals surface area contributed by atoms with Crippen LogP contribution in [-0.2, 0) is 0 Å². The number of benzene rings is 1. The summed E-state index contributed by atoms with van der Waals surface area (Å²) in [4.78, 5) is 13.0. The zero-order chi connectivity index (χ0) is 12.0. The number of amides is 1. The first kappa shape index (κ1) is 12.7. The molecular weight excluding hydrogens is 315 g/mol. The van der Waals surface area contributed by atoms with Gasteiger partial charge in [0, 0.05) is 5.56 Å². The molecule has 1 rings (SSSR count). The van der Waals surface area contributed by atoms with Gasteiger partial charge in [0.05, 0.1) is 6.54 Å². The lowest BCUT2D eigenvalue weighted by molar-refractivity contribution is 0.0844. The van der Waals surface area contributed by atoms with Gasteiger partial charge in [0.1, 0.15) is 0 Å². The highest BCUT2D eigenvalue weighted by Gasteiger charge is 2.13. The molecule has 0 spiro atoms. The van der Waals surface area contributed by atoms with Crippen molar-refractivity contribution in [3.05, 3.63) is 45.6 Å².